The maximum atomic E-state index is 12.5. The Morgan fingerprint density at radius 3 is 2.88 bits per heavy atom. The summed E-state index contributed by atoms with van der Waals surface area (Å²) in [4.78, 5) is 35.9. The molecule has 0 fully saturated rings. The largest absolute Gasteiger partial charge is 0.382 e. The zero-order valence-electron chi connectivity index (χ0n) is 14.5. The molecule has 0 aliphatic heterocycles. The van der Waals surface area contributed by atoms with E-state index in [0.29, 0.717) is 11.5 Å². The maximum Gasteiger partial charge on any atom is 0.264 e. The lowest BCUT2D eigenvalue weighted by Gasteiger charge is -2.18. The number of thiazole rings is 1. The quantitative estimate of drug-likeness (QED) is 0.666. The first kappa shape index (κ1) is 18.0. The van der Waals surface area contributed by atoms with Crippen LogP contribution in [0.15, 0.2) is 28.6 Å². The fraction of sp³-hybridized carbons (Fsp3) is 0.312. The van der Waals surface area contributed by atoms with Crippen LogP contribution < -0.4 is 10.9 Å². The molecule has 3 aromatic rings. The minimum Gasteiger partial charge on any atom is -0.382 e. The molecule has 0 saturated heterocycles. The fourth-order valence-electron chi connectivity index (χ4n) is 2.49. The van der Waals surface area contributed by atoms with Crippen molar-refractivity contribution in [3.63, 3.8) is 0 Å². The zero-order valence-corrected chi connectivity index (χ0v) is 15.3. The highest BCUT2D eigenvalue weighted by Gasteiger charge is 2.21. The summed E-state index contributed by atoms with van der Waals surface area (Å²) in [5.41, 5.74) is 0.728. The van der Waals surface area contributed by atoms with Gasteiger partial charge in [-0.05, 0) is 13.0 Å². The normalized spacial score (nSPS) is 12.1. The van der Waals surface area contributed by atoms with Crippen molar-refractivity contribution in [2.75, 3.05) is 13.7 Å². The number of aromatic amines is 1. The molecule has 26 heavy (non-hydrogen) atoms. The van der Waals surface area contributed by atoms with E-state index in [2.05, 4.69) is 25.4 Å². The number of amides is 1. The summed E-state index contributed by atoms with van der Waals surface area (Å²) in [7, 11) is 3.30. The van der Waals surface area contributed by atoms with Crippen LogP contribution in [0.5, 0.6) is 0 Å². The Kier molecular flexibility index (Phi) is 5.24. The van der Waals surface area contributed by atoms with Gasteiger partial charge in [0.15, 0.2) is 5.82 Å². The van der Waals surface area contributed by atoms with Crippen molar-refractivity contribution in [1.82, 2.24) is 30.0 Å². The SMILES string of the molecule is COC[C@H](NC(=O)c1cnc(-c2csc(C)n2)[nH]c1=O)c1ccnn1C. The standard InChI is InChI=1S/C16H18N6O3S/c1-9-19-12(8-26-9)14-17-6-10(16(24)21-14)15(23)20-11(7-25-3)13-4-5-18-22(13)2/h4-6,8,11H,7H2,1-3H3,(H,20,23)(H,17,21,24)/t11-/m0/s1. The summed E-state index contributed by atoms with van der Waals surface area (Å²) in [6, 6.07) is 1.33. The number of carbonyl (C=O) groups is 1. The first-order chi connectivity index (χ1) is 12.5. The van der Waals surface area contributed by atoms with Gasteiger partial charge < -0.3 is 15.0 Å². The molecule has 0 bridgehead atoms. The molecule has 1 atom stereocenters. The number of ether oxygens (including phenoxy) is 1. The third kappa shape index (κ3) is 3.70. The summed E-state index contributed by atoms with van der Waals surface area (Å²) in [5, 5.41) is 9.53. The van der Waals surface area contributed by atoms with E-state index in [-0.39, 0.29) is 12.2 Å². The average molecular weight is 374 g/mol. The third-order valence-electron chi connectivity index (χ3n) is 3.76. The number of aryl methyl sites for hydroxylation is 2. The maximum absolute atomic E-state index is 12.5. The number of carbonyl (C=O) groups excluding carboxylic acids is 1. The lowest BCUT2D eigenvalue weighted by atomic mass is 10.2. The van der Waals surface area contributed by atoms with Gasteiger partial charge in [0.1, 0.15) is 11.3 Å². The number of aromatic nitrogens is 5. The van der Waals surface area contributed by atoms with Crippen LogP contribution in [0, 0.1) is 6.92 Å². The summed E-state index contributed by atoms with van der Waals surface area (Å²) >= 11 is 1.45. The Hall–Kier alpha value is -2.85. The fourth-order valence-corrected chi connectivity index (χ4v) is 3.09. The minimum atomic E-state index is -0.539. The summed E-state index contributed by atoms with van der Waals surface area (Å²) in [5.74, 6) is -0.209. The van der Waals surface area contributed by atoms with Crippen molar-refractivity contribution in [1.29, 1.82) is 0 Å². The number of hydrogen-bond acceptors (Lipinski definition) is 7. The second-order valence-electron chi connectivity index (χ2n) is 5.59. The molecule has 1 amide bonds. The van der Waals surface area contributed by atoms with Crippen molar-refractivity contribution in [3.8, 4) is 11.5 Å². The topological polar surface area (TPSA) is 115 Å². The Bertz CT molecular complexity index is 976. The highest BCUT2D eigenvalue weighted by atomic mass is 32.1. The van der Waals surface area contributed by atoms with Crippen molar-refractivity contribution in [3.05, 3.63) is 50.5 Å². The second kappa shape index (κ2) is 7.58. The first-order valence-electron chi connectivity index (χ1n) is 7.79. The summed E-state index contributed by atoms with van der Waals surface area (Å²) in [6.07, 6.45) is 2.88. The van der Waals surface area contributed by atoms with Gasteiger partial charge in [-0.3, -0.25) is 14.3 Å². The van der Waals surface area contributed by atoms with Gasteiger partial charge in [-0.1, -0.05) is 0 Å². The molecule has 3 aromatic heterocycles. The Labute approximate surface area is 153 Å². The number of H-pyrrole nitrogens is 1. The second-order valence-corrected chi connectivity index (χ2v) is 6.65. The molecular weight excluding hydrogens is 356 g/mol. The predicted octanol–water partition coefficient (Wildman–Crippen LogP) is 1.05. The molecule has 0 unspecified atom stereocenters. The van der Waals surface area contributed by atoms with Gasteiger partial charge in [-0.2, -0.15) is 5.10 Å². The molecular formula is C16H18N6O3S. The van der Waals surface area contributed by atoms with Crippen molar-refractivity contribution >= 4 is 17.2 Å². The van der Waals surface area contributed by atoms with Gasteiger partial charge in [-0.15, -0.1) is 11.3 Å². The lowest BCUT2D eigenvalue weighted by molar-refractivity contribution is 0.0890. The Balaban J connectivity index is 1.83. The van der Waals surface area contributed by atoms with Gasteiger partial charge in [-0.25, -0.2) is 9.97 Å². The predicted molar refractivity (Wildman–Crippen MR) is 96.0 cm³/mol. The highest BCUT2D eigenvalue weighted by Crippen LogP contribution is 2.17. The highest BCUT2D eigenvalue weighted by molar-refractivity contribution is 7.09. The summed E-state index contributed by atoms with van der Waals surface area (Å²) in [6.45, 7) is 2.11. The molecule has 0 saturated carbocycles. The summed E-state index contributed by atoms with van der Waals surface area (Å²) < 4.78 is 6.80. The number of methoxy groups -OCH3 is 1. The van der Waals surface area contributed by atoms with E-state index >= 15 is 0 Å². The molecule has 0 aromatic carbocycles. The van der Waals surface area contributed by atoms with E-state index in [0.717, 1.165) is 10.7 Å². The average Bonchev–Trinajstić information content (AvgIpc) is 3.22. The molecule has 3 heterocycles. The molecule has 3 rings (SSSR count). The zero-order chi connectivity index (χ0) is 18.7. The van der Waals surface area contributed by atoms with Gasteiger partial charge >= 0.3 is 0 Å². The van der Waals surface area contributed by atoms with Crippen LogP contribution in [0.25, 0.3) is 11.5 Å². The first-order valence-corrected chi connectivity index (χ1v) is 8.67. The van der Waals surface area contributed by atoms with E-state index in [1.165, 1.54) is 24.6 Å². The van der Waals surface area contributed by atoms with E-state index < -0.39 is 17.5 Å². The van der Waals surface area contributed by atoms with E-state index in [4.69, 9.17) is 4.74 Å². The van der Waals surface area contributed by atoms with E-state index in [9.17, 15) is 9.59 Å². The van der Waals surface area contributed by atoms with Gasteiger partial charge in [0.25, 0.3) is 11.5 Å². The van der Waals surface area contributed by atoms with Gasteiger partial charge in [0, 0.05) is 31.9 Å². The van der Waals surface area contributed by atoms with Crippen LogP contribution in [0.3, 0.4) is 0 Å². The van der Waals surface area contributed by atoms with E-state index in [1.807, 2.05) is 6.92 Å². The molecule has 2 N–H and O–H groups in total. The Morgan fingerprint density at radius 1 is 1.50 bits per heavy atom. The number of hydrogen-bond donors (Lipinski definition) is 2. The molecule has 0 radical (unpaired) electrons. The molecule has 0 aliphatic carbocycles. The van der Waals surface area contributed by atoms with Gasteiger partial charge in [0.05, 0.1) is 23.4 Å². The van der Waals surface area contributed by atoms with Crippen LogP contribution in [0.1, 0.15) is 27.1 Å². The molecule has 0 aliphatic rings. The van der Waals surface area contributed by atoms with Crippen LogP contribution >= 0.6 is 11.3 Å². The number of nitrogens with zero attached hydrogens (tertiary/aromatic N) is 4. The molecule has 9 nitrogen and oxygen atoms in total. The van der Waals surface area contributed by atoms with Crippen LogP contribution in [-0.4, -0.2) is 44.4 Å². The molecule has 10 heteroatoms. The smallest absolute Gasteiger partial charge is 0.264 e. The number of nitrogens with one attached hydrogen (secondary N) is 2. The van der Waals surface area contributed by atoms with Crippen molar-refractivity contribution < 1.29 is 9.53 Å². The van der Waals surface area contributed by atoms with Gasteiger partial charge in [0.2, 0.25) is 0 Å². The van der Waals surface area contributed by atoms with Crippen molar-refractivity contribution in [2.45, 2.75) is 13.0 Å². The third-order valence-corrected chi connectivity index (χ3v) is 4.53. The lowest BCUT2D eigenvalue weighted by Crippen LogP contribution is -2.36. The van der Waals surface area contributed by atoms with Crippen molar-refractivity contribution in [2.24, 2.45) is 7.05 Å². The minimum absolute atomic E-state index is 0.0797. The van der Waals surface area contributed by atoms with Crippen LogP contribution in [0.2, 0.25) is 0 Å². The monoisotopic (exact) mass is 374 g/mol. The number of rotatable bonds is 6. The van der Waals surface area contributed by atoms with E-state index in [1.54, 1.807) is 29.4 Å². The molecule has 136 valence electrons. The van der Waals surface area contributed by atoms with Crippen LogP contribution in [0.4, 0.5) is 0 Å². The van der Waals surface area contributed by atoms with Crippen LogP contribution in [-0.2, 0) is 11.8 Å². The molecule has 0 spiro atoms. The Morgan fingerprint density at radius 2 is 2.31 bits per heavy atom.